The van der Waals surface area contributed by atoms with Gasteiger partial charge in [0.1, 0.15) is 5.75 Å². The molecule has 0 radical (unpaired) electrons. The molecule has 0 aromatic heterocycles. The number of rotatable bonds is 8. The predicted octanol–water partition coefficient (Wildman–Crippen LogP) is 2.82. The Morgan fingerprint density at radius 1 is 1.14 bits per heavy atom. The molecule has 1 fully saturated rings. The van der Waals surface area contributed by atoms with Gasteiger partial charge in [-0.25, -0.2) is 13.1 Å². The average molecular weight is 424 g/mol. The first-order valence-corrected chi connectivity index (χ1v) is 11.9. The van der Waals surface area contributed by atoms with Crippen molar-refractivity contribution in [1.29, 1.82) is 0 Å². The minimum atomic E-state index is -3.69. The fourth-order valence-corrected chi connectivity index (χ4v) is 4.62. The van der Waals surface area contributed by atoms with E-state index in [2.05, 4.69) is 22.3 Å². The van der Waals surface area contributed by atoms with E-state index in [0.717, 1.165) is 25.7 Å². The molecule has 1 aliphatic carbocycles. The van der Waals surface area contributed by atoms with Crippen LogP contribution in [0.2, 0.25) is 0 Å². The van der Waals surface area contributed by atoms with Gasteiger partial charge in [0.2, 0.25) is 15.9 Å². The second-order valence-electron chi connectivity index (χ2n) is 8.52. The van der Waals surface area contributed by atoms with Gasteiger partial charge in [-0.15, -0.1) is 0 Å². The standard InChI is InChI=1S/C21H33N3O4S/c1-14(2)12-22-21(26)17-7-10-19(16(4)11-17)23-20(25)13-29(27,28)24-18-8-5-15(3)6-9-18/h7,10-11,14-15,18,24H,5-6,8-9,12-13H2,1-4H3,(H,22,26)(H,23,25). The van der Waals surface area contributed by atoms with E-state index < -0.39 is 21.7 Å². The lowest BCUT2D eigenvalue weighted by atomic mass is 9.88. The highest BCUT2D eigenvalue weighted by atomic mass is 32.2. The number of hydrogen-bond donors (Lipinski definition) is 3. The Hall–Kier alpha value is -1.93. The third kappa shape index (κ3) is 7.78. The Morgan fingerprint density at radius 2 is 1.79 bits per heavy atom. The van der Waals surface area contributed by atoms with E-state index in [-0.39, 0.29) is 11.9 Å². The highest BCUT2D eigenvalue weighted by Crippen LogP contribution is 2.24. The van der Waals surface area contributed by atoms with Crippen molar-refractivity contribution in [3.63, 3.8) is 0 Å². The van der Waals surface area contributed by atoms with Crippen LogP contribution in [0.5, 0.6) is 0 Å². The molecule has 1 aliphatic rings. The molecule has 0 unspecified atom stereocenters. The lowest BCUT2D eigenvalue weighted by Gasteiger charge is -2.26. The second kappa shape index (κ2) is 10.2. The molecule has 7 nitrogen and oxygen atoms in total. The fraction of sp³-hybridized carbons (Fsp3) is 0.619. The van der Waals surface area contributed by atoms with E-state index in [1.165, 1.54) is 0 Å². The number of hydrogen-bond acceptors (Lipinski definition) is 4. The summed E-state index contributed by atoms with van der Waals surface area (Å²) >= 11 is 0. The van der Waals surface area contributed by atoms with E-state index in [1.54, 1.807) is 25.1 Å². The number of amides is 2. The Labute approximate surface area is 174 Å². The summed E-state index contributed by atoms with van der Waals surface area (Å²) in [5.41, 5.74) is 1.70. The van der Waals surface area contributed by atoms with Gasteiger partial charge >= 0.3 is 0 Å². The van der Waals surface area contributed by atoms with Crippen LogP contribution in [0.3, 0.4) is 0 Å². The lowest BCUT2D eigenvalue weighted by molar-refractivity contribution is -0.113. The summed E-state index contributed by atoms with van der Waals surface area (Å²) in [5, 5.41) is 5.48. The minimum Gasteiger partial charge on any atom is -0.352 e. The molecule has 0 heterocycles. The molecule has 0 bridgehead atoms. The van der Waals surface area contributed by atoms with Gasteiger partial charge in [-0.1, -0.05) is 20.8 Å². The Kier molecular flexibility index (Phi) is 8.22. The smallest absolute Gasteiger partial charge is 0.251 e. The quantitative estimate of drug-likeness (QED) is 0.598. The van der Waals surface area contributed by atoms with Gasteiger partial charge in [-0.2, -0.15) is 0 Å². The summed E-state index contributed by atoms with van der Waals surface area (Å²) in [7, 11) is -3.69. The summed E-state index contributed by atoms with van der Waals surface area (Å²) in [5.74, 6) is -0.409. The van der Waals surface area contributed by atoms with Gasteiger partial charge in [0.25, 0.3) is 5.91 Å². The maximum Gasteiger partial charge on any atom is 0.251 e. The van der Waals surface area contributed by atoms with E-state index >= 15 is 0 Å². The topological polar surface area (TPSA) is 104 Å². The third-order valence-corrected chi connectivity index (χ3v) is 6.45. The summed E-state index contributed by atoms with van der Waals surface area (Å²) in [6.45, 7) is 8.55. The molecule has 1 aromatic rings. The molecular weight excluding hydrogens is 390 g/mol. The maximum absolute atomic E-state index is 12.3. The number of sulfonamides is 1. The van der Waals surface area contributed by atoms with Gasteiger partial charge < -0.3 is 10.6 Å². The van der Waals surface area contributed by atoms with Crippen molar-refractivity contribution in [1.82, 2.24) is 10.0 Å². The Morgan fingerprint density at radius 3 is 2.38 bits per heavy atom. The van der Waals surface area contributed by atoms with Gasteiger partial charge in [-0.05, 0) is 68.2 Å². The Bertz CT molecular complexity index is 828. The van der Waals surface area contributed by atoms with E-state index in [9.17, 15) is 18.0 Å². The fourth-order valence-electron chi connectivity index (χ4n) is 3.38. The highest BCUT2D eigenvalue weighted by molar-refractivity contribution is 7.90. The van der Waals surface area contributed by atoms with E-state index in [4.69, 9.17) is 0 Å². The van der Waals surface area contributed by atoms with Crippen molar-refractivity contribution in [2.24, 2.45) is 11.8 Å². The maximum atomic E-state index is 12.3. The average Bonchev–Trinajstić information content (AvgIpc) is 2.62. The third-order valence-electron chi connectivity index (χ3n) is 5.12. The number of anilines is 1. The first-order chi connectivity index (χ1) is 13.6. The summed E-state index contributed by atoms with van der Waals surface area (Å²) in [6, 6.07) is 4.84. The van der Waals surface area contributed by atoms with Crippen LogP contribution in [0.15, 0.2) is 18.2 Å². The molecule has 3 N–H and O–H groups in total. The van der Waals surface area contributed by atoms with Crippen molar-refractivity contribution in [2.45, 2.75) is 59.4 Å². The van der Waals surface area contributed by atoms with Gasteiger partial charge in [0.05, 0.1) is 0 Å². The van der Waals surface area contributed by atoms with Crippen LogP contribution in [0.25, 0.3) is 0 Å². The van der Waals surface area contributed by atoms with Crippen molar-refractivity contribution in [2.75, 3.05) is 17.6 Å². The minimum absolute atomic E-state index is 0.0885. The first kappa shape index (κ1) is 23.3. The number of carbonyl (C=O) groups is 2. The molecule has 1 aromatic carbocycles. The molecule has 8 heteroatoms. The molecular formula is C21H33N3O4S. The SMILES string of the molecule is Cc1cc(C(=O)NCC(C)C)ccc1NC(=O)CS(=O)(=O)NC1CCC(C)CC1. The molecule has 0 spiro atoms. The zero-order valence-electron chi connectivity index (χ0n) is 17.7. The van der Waals surface area contributed by atoms with Crippen molar-refractivity contribution in [3.05, 3.63) is 29.3 Å². The van der Waals surface area contributed by atoms with Crippen LogP contribution in [0.4, 0.5) is 5.69 Å². The zero-order chi connectivity index (χ0) is 21.6. The lowest BCUT2D eigenvalue weighted by Crippen LogP contribution is -2.41. The molecule has 0 aliphatic heterocycles. The number of nitrogens with one attached hydrogen (secondary N) is 3. The molecule has 2 amide bonds. The van der Waals surface area contributed by atoms with Crippen molar-refractivity contribution >= 4 is 27.5 Å². The van der Waals surface area contributed by atoms with Gasteiger partial charge in [-0.3, -0.25) is 9.59 Å². The zero-order valence-corrected chi connectivity index (χ0v) is 18.6. The van der Waals surface area contributed by atoms with Crippen LogP contribution >= 0.6 is 0 Å². The molecule has 0 saturated heterocycles. The summed E-state index contributed by atoms with van der Waals surface area (Å²) < 4.78 is 27.3. The highest BCUT2D eigenvalue weighted by Gasteiger charge is 2.25. The largest absolute Gasteiger partial charge is 0.352 e. The second-order valence-corrected chi connectivity index (χ2v) is 10.3. The van der Waals surface area contributed by atoms with Crippen LogP contribution in [-0.4, -0.2) is 38.6 Å². The predicted molar refractivity (Wildman–Crippen MR) is 115 cm³/mol. The van der Waals surface area contributed by atoms with Crippen LogP contribution < -0.4 is 15.4 Å². The monoisotopic (exact) mass is 423 g/mol. The van der Waals surface area contributed by atoms with Crippen LogP contribution in [0.1, 0.15) is 62.4 Å². The molecule has 0 atom stereocenters. The molecule has 2 rings (SSSR count). The number of carbonyl (C=O) groups excluding carboxylic acids is 2. The van der Waals surface area contributed by atoms with Crippen molar-refractivity contribution < 1.29 is 18.0 Å². The summed E-state index contributed by atoms with van der Waals surface area (Å²) in [6.07, 6.45) is 3.61. The van der Waals surface area contributed by atoms with Crippen LogP contribution in [0, 0.1) is 18.8 Å². The van der Waals surface area contributed by atoms with E-state index in [0.29, 0.717) is 35.2 Å². The molecule has 162 valence electrons. The summed E-state index contributed by atoms with van der Waals surface area (Å²) in [4.78, 5) is 24.4. The molecule has 29 heavy (non-hydrogen) atoms. The van der Waals surface area contributed by atoms with Crippen molar-refractivity contribution in [3.8, 4) is 0 Å². The van der Waals surface area contributed by atoms with Gasteiger partial charge in [0.15, 0.2) is 0 Å². The number of benzene rings is 1. The van der Waals surface area contributed by atoms with Crippen LogP contribution in [-0.2, 0) is 14.8 Å². The van der Waals surface area contributed by atoms with E-state index in [1.807, 2.05) is 13.8 Å². The Balaban J connectivity index is 1.91. The normalized spacial score (nSPS) is 19.8. The van der Waals surface area contributed by atoms with Gasteiger partial charge in [0, 0.05) is 23.8 Å². The molecule has 1 saturated carbocycles. The first-order valence-electron chi connectivity index (χ1n) is 10.2. The number of aryl methyl sites for hydroxylation is 1.